The first-order chi connectivity index (χ1) is 14.5. The van der Waals surface area contributed by atoms with Gasteiger partial charge in [-0.3, -0.25) is 9.79 Å². The van der Waals surface area contributed by atoms with E-state index in [1.54, 1.807) is 0 Å². The highest BCUT2D eigenvalue weighted by molar-refractivity contribution is 5.80. The zero-order valence-corrected chi connectivity index (χ0v) is 19.0. The van der Waals surface area contributed by atoms with Crippen LogP contribution < -0.4 is 10.6 Å². The zero-order valence-electron chi connectivity index (χ0n) is 19.0. The Hall–Kier alpha value is -2.08. The molecule has 0 atom stereocenters. The van der Waals surface area contributed by atoms with Gasteiger partial charge in [-0.2, -0.15) is 0 Å². The lowest BCUT2D eigenvalue weighted by atomic mass is 9.93. The third-order valence-electron chi connectivity index (χ3n) is 5.65. The number of carbonyl (C=O) groups is 1. The molecule has 0 fully saturated rings. The average molecular weight is 417 g/mol. The van der Waals surface area contributed by atoms with Gasteiger partial charge >= 0.3 is 0 Å². The Morgan fingerprint density at radius 1 is 1.13 bits per heavy atom. The van der Waals surface area contributed by atoms with E-state index in [2.05, 4.69) is 47.7 Å². The van der Waals surface area contributed by atoms with E-state index in [4.69, 9.17) is 0 Å². The van der Waals surface area contributed by atoms with Crippen molar-refractivity contribution < 1.29 is 9.90 Å². The normalized spacial score (nSPS) is 14.4. The van der Waals surface area contributed by atoms with Crippen LogP contribution in [0.1, 0.15) is 70.4 Å². The number of hydrogen-bond acceptors (Lipinski definition) is 3. The van der Waals surface area contributed by atoms with E-state index >= 15 is 0 Å². The van der Waals surface area contributed by atoms with Crippen molar-refractivity contribution in [3.8, 4) is 0 Å². The summed E-state index contributed by atoms with van der Waals surface area (Å²) in [4.78, 5) is 19.2. The van der Waals surface area contributed by atoms with Crippen molar-refractivity contribution in [2.24, 2.45) is 4.99 Å². The minimum absolute atomic E-state index is 0.216. The lowest BCUT2D eigenvalue weighted by Gasteiger charge is -2.29. The predicted octanol–water partition coefficient (Wildman–Crippen LogP) is 3.24. The Labute approximate surface area is 182 Å². The van der Waals surface area contributed by atoms with E-state index < -0.39 is 5.60 Å². The molecule has 0 bridgehead atoms. The second-order valence-corrected chi connectivity index (χ2v) is 8.28. The lowest BCUT2D eigenvalue weighted by Crippen LogP contribution is -2.41. The standard InChI is InChI=1S/C24H40N4O2/c1-4-14-24(30,15-5-2)19-27-23(25-6-3)26-16-9-12-22(29)28-17-13-20-10-7-8-11-21(20)18-28/h7-8,10-11,30H,4-6,9,12-19H2,1-3H3,(H2,25,26,27). The van der Waals surface area contributed by atoms with Crippen LogP contribution in [-0.2, 0) is 17.8 Å². The first-order valence-corrected chi connectivity index (χ1v) is 11.6. The number of aliphatic imine (C=N–C) groups is 1. The fourth-order valence-corrected chi connectivity index (χ4v) is 4.09. The SMILES string of the molecule is CCCC(O)(CCC)CN=C(NCC)NCCCC(=O)N1CCc2ccccc2C1. The van der Waals surface area contributed by atoms with E-state index in [1.165, 1.54) is 11.1 Å². The van der Waals surface area contributed by atoms with E-state index in [0.717, 1.165) is 58.2 Å². The van der Waals surface area contributed by atoms with Crippen LogP contribution in [0.2, 0.25) is 0 Å². The van der Waals surface area contributed by atoms with Gasteiger partial charge in [-0.15, -0.1) is 0 Å². The van der Waals surface area contributed by atoms with Crippen molar-refractivity contribution in [3.63, 3.8) is 0 Å². The first kappa shape index (κ1) is 24.2. The summed E-state index contributed by atoms with van der Waals surface area (Å²) in [5, 5.41) is 17.3. The van der Waals surface area contributed by atoms with Gasteiger partial charge in [-0.05, 0) is 43.7 Å². The number of rotatable bonds is 11. The van der Waals surface area contributed by atoms with Crippen LogP contribution in [0, 0.1) is 0 Å². The highest BCUT2D eigenvalue weighted by Gasteiger charge is 2.24. The Bertz CT molecular complexity index is 684. The molecule has 0 saturated heterocycles. The fourth-order valence-electron chi connectivity index (χ4n) is 4.09. The van der Waals surface area contributed by atoms with Crippen LogP contribution in [0.25, 0.3) is 0 Å². The molecular weight excluding hydrogens is 376 g/mol. The predicted molar refractivity (Wildman–Crippen MR) is 124 cm³/mol. The number of nitrogens with zero attached hydrogens (tertiary/aromatic N) is 2. The minimum Gasteiger partial charge on any atom is -0.388 e. The largest absolute Gasteiger partial charge is 0.388 e. The lowest BCUT2D eigenvalue weighted by molar-refractivity contribution is -0.132. The van der Waals surface area contributed by atoms with Crippen LogP contribution in [0.5, 0.6) is 0 Å². The number of nitrogens with one attached hydrogen (secondary N) is 2. The molecule has 30 heavy (non-hydrogen) atoms. The molecule has 1 aromatic carbocycles. The molecule has 0 aromatic heterocycles. The Morgan fingerprint density at radius 2 is 1.83 bits per heavy atom. The molecule has 1 amide bonds. The summed E-state index contributed by atoms with van der Waals surface area (Å²) in [6.45, 7) is 9.58. The number of hydrogen-bond donors (Lipinski definition) is 3. The van der Waals surface area contributed by atoms with Gasteiger partial charge in [-0.1, -0.05) is 51.0 Å². The maximum atomic E-state index is 12.6. The Balaban J connectivity index is 1.78. The van der Waals surface area contributed by atoms with Gasteiger partial charge in [0.25, 0.3) is 0 Å². The molecule has 0 saturated carbocycles. The zero-order chi connectivity index (χ0) is 21.8. The number of benzene rings is 1. The van der Waals surface area contributed by atoms with Crippen LogP contribution >= 0.6 is 0 Å². The van der Waals surface area contributed by atoms with Gasteiger partial charge in [0.05, 0.1) is 12.1 Å². The van der Waals surface area contributed by atoms with Crippen molar-refractivity contribution in [2.45, 2.75) is 77.9 Å². The minimum atomic E-state index is -0.730. The van der Waals surface area contributed by atoms with Crippen LogP contribution in [-0.4, -0.2) is 53.7 Å². The Morgan fingerprint density at radius 3 is 2.50 bits per heavy atom. The summed E-state index contributed by atoms with van der Waals surface area (Å²) in [7, 11) is 0. The summed E-state index contributed by atoms with van der Waals surface area (Å²) in [5.41, 5.74) is 1.90. The number of guanidine groups is 1. The first-order valence-electron chi connectivity index (χ1n) is 11.6. The van der Waals surface area contributed by atoms with Crippen LogP contribution in [0.3, 0.4) is 0 Å². The van der Waals surface area contributed by atoms with Gasteiger partial charge in [0, 0.05) is 32.6 Å². The van der Waals surface area contributed by atoms with E-state index in [9.17, 15) is 9.90 Å². The summed E-state index contributed by atoms with van der Waals surface area (Å²) in [6.07, 6.45) is 5.64. The van der Waals surface area contributed by atoms with Crippen molar-refractivity contribution in [2.75, 3.05) is 26.2 Å². The molecule has 168 valence electrons. The molecule has 1 aliphatic heterocycles. The van der Waals surface area contributed by atoms with Gasteiger partial charge in [0.15, 0.2) is 5.96 Å². The maximum Gasteiger partial charge on any atom is 0.222 e. The van der Waals surface area contributed by atoms with Gasteiger partial charge in [-0.25, -0.2) is 0 Å². The fraction of sp³-hybridized carbons (Fsp3) is 0.667. The van der Waals surface area contributed by atoms with Gasteiger partial charge in [0.2, 0.25) is 5.91 Å². The summed E-state index contributed by atoms with van der Waals surface area (Å²) >= 11 is 0. The smallest absolute Gasteiger partial charge is 0.222 e. The van der Waals surface area contributed by atoms with Crippen molar-refractivity contribution in [1.82, 2.24) is 15.5 Å². The summed E-state index contributed by atoms with van der Waals surface area (Å²) in [5.74, 6) is 0.927. The van der Waals surface area contributed by atoms with E-state index in [0.29, 0.717) is 25.5 Å². The van der Waals surface area contributed by atoms with Gasteiger partial charge in [0.1, 0.15) is 0 Å². The topological polar surface area (TPSA) is 77.0 Å². The average Bonchev–Trinajstić information content (AvgIpc) is 2.74. The highest BCUT2D eigenvalue weighted by Crippen LogP contribution is 2.20. The van der Waals surface area contributed by atoms with E-state index in [1.807, 2.05) is 17.9 Å². The monoisotopic (exact) mass is 416 g/mol. The van der Waals surface area contributed by atoms with Crippen molar-refractivity contribution >= 4 is 11.9 Å². The van der Waals surface area contributed by atoms with Crippen molar-refractivity contribution in [3.05, 3.63) is 35.4 Å². The molecule has 1 aliphatic rings. The Kier molecular flexibility index (Phi) is 10.1. The molecule has 1 heterocycles. The second-order valence-electron chi connectivity index (χ2n) is 8.28. The number of fused-ring (bicyclic) bond motifs is 1. The number of amides is 1. The maximum absolute atomic E-state index is 12.6. The molecule has 1 aromatic rings. The van der Waals surface area contributed by atoms with Crippen molar-refractivity contribution in [1.29, 1.82) is 0 Å². The molecule has 3 N–H and O–H groups in total. The molecule has 2 rings (SSSR count). The molecular formula is C24H40N4O2. The molecule has 0 aliphatic carbocycles. The summed E-state index contributed by atoms with van der Waals surface area (Å²) in [6, 6.07) is 8.38. The third kappa shape index (κ3) is 7.63. The molecule has 0 unspecified atom stereocenters. The molecule has 0 radical (unpaired) electrons. The van der Waals surface area contributed by atoms with E-state index in [-0.39, 0.29) is 5.91 Å². The molecule has 6 heteroatoms. The second kappa shape index (κ2) is 12.6. The number of carbonyl (C=O) groups excluding carboxylic acids is 1. The molecule has 6 nitrogen and oxygen atoms in total. The van der Waals surface area contributed by atoms with Crippen LogP contribution in [0.4, 0.5) is 0 Å². The highest BCUT2D eigenvalue weighted by atomic mass is 16.3. The van der Waals surface area contributed by atoms with Gasteiger partial charge < -0.3 is 20.6 Å². The molecule has 0 spiro atoms. The quantitative estimate of drug-likeness (QED) is 0.294. The number of aliphatic hydroxyl groups is 1. The summed E-state index contributed by atoms with van der Waals surface area (Å²) < 4.78 is 0. The third-order valence-corrected chi connectivity index (χ3v) is 5.65. The van der Waals surface area contributed by atoms with Crippen LogP contribution in [0.15, 0.2) is 29.3 Å².